The highest BCUT2D eigenvalue weighted by Gasteiger charge is 2.20. The van der Waals surface area contributed by atoms with Crippen molar-refractivity contribution in [1.29, 1.82) is 0 Å². The van der Waals surface area contributed by atoms with E-state index in [2.05, 4.69) is 4.99 Å². The molecule has 0 aliphatic carbocycles. The number of carbonyl (C=O) groups is 1. The number of hydrogen-bond acceptors (Lipinski definition) is 6. The van der Waals surface area contributed by atoms with Gasteiger partial charge in [-0.3, -0.25) is 14.9 Å². The molecule has 0 aliphatic heterocycles. The molecule has 0 spiro atoms. The van der Waals surface area contributed by atoms with E-state index in [1.54, 1.807) is 13.2 Å². The van der Waals surface area contributed by atoms with Gasteiger partial charge < -0.3 is 14.0 Å². The minimum Gasteiger partial charge on any atom is -0.492 e. The fourth-order valence-electron chi connectivity index (χ4n) is 2.81. The van der Waals surface area contributed by atoms with Crippen LogP contribution in [0, 0.1) is 10.1 Å². The van der Waals surface area contributed by atoms with Gasteiger partial charge in [0.15, 0.2) is 4.80 Å². The van der Waals surface area contributed by atoms with Crippen LogP contribution >= 0.6 is 11.3 Å². The van der Waals surface area contributed by atoms with Gasteiger partial charge in [-0.1, -0.05) is 29.5 Å². The van der Waals surface area contributed by atoms with Crippen LogP contribution in [0.1, 0.15) is 17.3 Å². The molecular weight excluding hydrogens is 382 g/mol. The highest BCUT2D eigenvalue weighted by atomic mass is 32.1. The van der Waals surface area contributed by atoms with Crippen molar-refractivity contribution in [3.63, 3.8) is 0 Å². The van der Waals surface area contributed by atoms with Gasteiger partial charge >= 0.3 is 0 Å². The number of aromatic nitrogens is 1. The van der Waals surface area contributed by atoms with Crippen LogP contribution in [0.3, 0.4) is 0 Å². The number of hydrogen-bond donors (Lipinski definition) is 0. The summed E-state index contributed by atoms with van der Waals surface area (Å²) in [7, 11) is 1.59. The van der Waals surface area contributed by atoms with E-state index in [-0.39, 0.29) is 11.3 Å². The van der Waals surface area contributed by atoms with Crippen molar-refractivity contribution in [3.8, 4) is 5.75 Å². The van der Waals surface area contributed by atoms with Gasteiger partial charge in [0.1, 0.15) is 16.8 Å². The lowest BCUT2D eigenvalue weighted by molar-refractivity contribution is -0.385. The molecule has 0 radical (unpaired) electrons. The van der Waals surface area contributed by atoms with E-state index in [0.717, 1.165) is 10.2 Å². The highest BCUT2D eigenvalue weighted by Crippen LogP contribution is 2.28. The predicted octanol–water partition coefficient (Wildman–Crippen LogP) is 3.40. The third-order valence-corrected chi connectivity index (χ3v) is 5.05. The van der Waals surface area contributed by atoms with E-state index in [0.29, 0.717) is 30.3 Å². The average molecular weight is 401 g/mol. The van der Waals surface area contributed by atoms with Gasteiger partial charge in [-0.15, -0.1) is 0 Å². The summed E-state index contributed by atoms with van der Waals surface area (Å²) in [6.07, 6.45) is 0. The number of nitro benzene ring substituents is 1. The summed E-state index contributed by atoms with van der Waals surface area (Å²) < 4.78 is 13.7. The average Bonchev–Trinajstić information content (AvgIpc) is 3.04. The van der Waals surface area contributed by atoms with Crippen LogP contribution in [0.5, 0.6) is 5.75 Å². The maximum Gasteiger partial charge on any atom is 0.286 e. The monoisotopic (exact) mass is 401 g/mol. The minimum atomic E-state index is -0.664. The minimum absolute atomic E-state index is 0.0479. The standard InChI is InChI=1S/C19H19N3O5S/c1-3-27-15-9-6-10-16-17(15)21(11-12-26-2)19(28-16)20-18(23)13-7-4-5-8-14(13)22(24)25/h4-10H,3,11-12H2,1-2H3. The molecule has 8 nitrogen and oxygen atoms in total. The molecule has 9 heteroatoms. The lowest BCUT2D eigenvalue weighted by Gasteiger charge is -2.09. The van der Waals surface area contributed by atoms with Gasteiger partial charge in [0.05, 0.1) is 22.8 Å². The van der Waals surface area contributed by atoms with Crippen molar-refractivity contribution < 1.29 is 19.2 Å². The Morgan fingerprint density at radius 2 is 2.04 bits per heavy atom. The first kappa shape index (κ1) is 19.7. The predicted molar refractivity (Wildman–Crippen MR) is 106 cm³/mol. The first-order chi connectivity index (χ1) is 13.6. The molecule has 2 aromatic carbocycles. The number of ether oxygens (including phenoxy) is 2. The molecule has 1 heterocycles. The summed E-state index contributed by atoms with van der Waals surface area (Å²) in [4.78, 5) is 28.0. The molecule has 1 amide bonds. The number of nitrogens with zero attached hydrogens (tertiary/aromatic N) is 3. The maximum absolute atomic E-state index is 12.7. The van der Waals surface area contributed by atoms with Crippen LogP contribution in [0.2, 0.25) is 0 Å². The molecule has 0 bridgehead atoms. The summed E-state index contributed by atoms with van der Waals surface area (Å²) in [6, 6.07) is 11.4. The molecule has 0 saturated heterocycles. The number of amides is 1. The zero-order valence-corrected chi connectivity index (χ0v) is 16.3. The van der Waals surface area contributed by atoms with Crippen molar-refractivity contribution in [2.75, 3.05) is 20.3 Å². The van der Waals surface area contributed by atoms with Crippen molar-refractivity contribution in [3.05, 3.63) is 62.9 Å². The molecule has 1 aromatic heterocycles. The summed E-state index contributed by atoms with van der Waals surface area (Å²) in [5.41, 5.74) is 0.504. The first-order valence-electron chi connectivity index (χ1n) is 8.63. The normalized spacial score (nSPS) is 11.7. The molecule has 3 aromatic rings. The SMILES string of the molecule is CCOc1cccc2sc(=NC(=O)c3ccccc3[N+](=O)[O-])n(CCOC)c12. The van der Waals surface area contributed by atoms with E-state index >= 15 is 0 Å². The van der Waals surface area contributed by atoms with Crippen LogP contribution in [0.25, 0.3) is 10.2 Å². The van der Waals surface area contributed by atoms with Gasteiger partial charge in [-0.2, -0.15) is 4.99 Å². The van der Waals surface area contributed by atoms with E-state index in [1.807, 2.05) is 29.7 Å². The molecule has 0 atom stereocenters. The molecule has 0 fully saturated rings. The molecular formula is C19H19N3O5S. The molecule has 0 aliphatic rings. The van der Waals surface area contributed by atoms with Crippen LogP contribution < -0.4 is 9.54 Å². The number of methoxy groups -OCH3 is 1. The first-order valence-corrected chi connectivity index (χ1v) is 9.45. The smallest absolute Gasteiger partial charge is 0.286 e. The number of thiazole rings is 1. The Kier molecular flexibility index (Phi) is 6.17. The highest BCUT2D eigenvalue weighted by molar-refractivity contribution is 7.16. The Hall–Kier alpha value is -3.04. The maximum atomic E-state index is 12.7. The van der Waals surface area contributed by atoms with Gasteiger partial charge in [0.2, 0.25) is 0 Å². The van der Waals surface area contributed by atoms with Gasteiger partial charge in [0, 0.05) is 19.7 Å². The number of nitro groups is 1. The lowest BCUT2D eigenvalue weighted by atomic mass is 10.2. The Morgan fingerprint density at radius 3 is 2.75 bits per heavy atom. The van der Waals surface area contributed by atoms with Crippen molar-refractivity contribution in [2.24, 2.45) is 4.99 Å². The van der Waals surface area contributed by atoms with Gasteiger partial charge in [-0.05, 0) is 25.1 Å². The molecule has 0 unspecified atom stereocenters. The van der Waals surface area contributed by atoms with Crippen molar-refractivity contribution >= 4 is 33.1 Å². The third-order valence-electron chi connectivity index (χ3n) is 4.01. The molecule has 0 saturated carbocycles. The largest absolute Gasteiger partial charge is 0.492 e. The Labute approximate surface area is 164 Å². The van der Waals surface area contributed by atoms with Crippen LogP contribution in [0.15, 0.2) is 47.5 Å². The second-order valence-electron chi connectivity index (χ2n) is 5.76. The Balaban J connectivity index is 2.18. The quantitative estimate of drug-likeness (QED) is 0.447. The molecule has 0 N–H and O–H groups in total. The molecule has 28 heavy (non-hydrogen) atoms. The van der Waals surface area contributed by atoms with Crippen LogP contribution in [-0.4, -0.2) is 35.7 Å². The number of carbonyl (C=O) groups excluding carboxylic acids is 1. The Morgan fingerprint density at radius 1 is 1.25 bits per heavy atom. The molecule has 3 rings (SSSR count). The van der Waals surface area contributed by atoms with Crippen LogP contribution in [-0.2, 0) is 11.3 Å². The second kappa shape index (κ2) is 8.77. The zero-order valence-electron chi connectivity index (χ0n) is 15.5. The summed E-state index contributed by atoms with van der Waals surface area (Å²) in [6.45, 7) is 3.28. The number of para-hydroxylation sites is 2. The van der Waals surface area contributed by atoms with Crippen LogP contribution in [0.4, 0.5) is 5.69 Å². The number of rotatable bonds is 7. The summed E-state index contributed by atoms with van der Waals surface area (Å²) in [5, 5.41) is 11.2. The van der Waals surface area contributed by atoms with Gasteiger partial charge in [-0.25, -0.2) is 0 Å². The molecule has 146 valence electrons. The lowest BCUT2D eigenvalue weighted by Crippen LogP contribution is -2.20. The fourth-order valence-corrected chi connectivity index (χ4v) is 3.88. The van der Waals surface area contributed by atoms with E-state index < -0.39 is 10.8 Å². The summed E-state index contributed by atoms with van der Waals surface area (Å²) in [5.74, 6) is 0.0231. The zero-order chi connectivity index (χ0) is 20.1. The van der Waals surface area contributed by atoms with E-state index in [4.69, 9.17) is 9.47 Å². The van der Waals surface area contributed by atoms with Crippen molar-refractivity contribution in [1.82, 2.24) is 4.57 Å². The Bertz CT molecular complexity index is 1090. The van der Waals surface area contributed by atoms with Gasteiger partial charge in [0.25, 0.3) is 11.6 Å². The topological polar surface area (TPSA) is 96.0 Å². The third kappa shape index (κ3) is 3.95. The van der Waals surface area contributed by atoms with Crippen molar-refractivity contribution in [2.45, 2.75) is 13.5 Å². The number of benzene rings is 2. The van der Waals surface area contributed by atoms with E-state index in [1.165, 1.54) is 29.5 Å². The second-order valence-corrected chi connectivity index (χ2v) is 6.77. The summed E-state index contributed by atoms with van der Waals surface area (Å²) >= 11 is 1.32. The fraction of sp³-hybridized carbons (Fsp3) is 0.263. The number of fused-ring (bicyclic) bond motifs is 1. The van der Waals surface area contributed by atoms with E-state index in [9.17, 15) is 14.9 Å².